The third-order valence-electron chi connectivity index (χ3n) is 2.17. The molecule has 0 bridgehead atoms. The zero-order chi connectivity index (χ0) is 13.0. The Bertz CT molecular complexity index is 532. The van der Waals surface area contributed by atoms with Gasteiger partial charge in [-0.2, -0.15) is 0 Å². The molecule has 0 aliphatic carbocycles. The molecule has 0 spiro atoms. The Labute approximate surface area is 106 Å². The summed E-state index contributed by atoms with van der Waals surface area (Å²) in [7, 11) is 1.24. The van der Waals surface area contributed by atoms with Crippen LogP contribution in [0.3, 0.4) is 0 Å². The molecule has 0 aliphatic rings. The van der Waals surface area contributed by atoms with E-state index in [-0.39, 0.29) is 11.0 Å². The largest absolute Gasteiger partial charge is 0.468 e. The van der Waals surface area contributed by atoms with Crippen molar-refractivity contribution in [2.45, 2.75) is 26.4 Å². The molecule has 1 heterocycles. The second-order valence-corrected chi connectivity index (χ2v) is 4.27. The maximum atomic E-state index is 11.9. The summed E-state index contributed by atoms with van der Waals surface area (Å²) >= 11 is 3.07. The predicted molar refractivity (Wildman–Crippen MR) is 65.0 cm³/mol. The van der Waals surface area contributed by atoms with Crippen LogP contribution in [0.1, 0.15) is 13.3 Å². The minimum Gasteiger partial charge on any atom is -0.468 e. The Morgan fingerprint density at radius 1 is 1.47 bits per heavy atom. The molecule has 1 rings (SSSR count). The van der Waals surface area contributed by atoms with E-state index in [1.807, 2.05) is 6.92 Å². The molecule has 0 N–H and O–H groups in total. The molecule has 0 unspecified atom stereocenters. The molecule has 0 aliphatic heterocycles. The lowest BCUT2D eigenvalue weighted by atomic mass is 10.4. The number of nitrogens with zero attached hydrogens (tertiary/aromatic N) is 2. The average molecular weight is 305 g/mol. The van der Waals surface area contributed by atoms with Gasteiger partial charge in [0.1, 0.15) is 6.54 Å². The third kappa shape index (κ3) is 3.06. The van der Waals surface area contributed by atoms with Crippen LogP contribution in [0.5, 0.6) is 0 Å². The second kappa shape index (κ2) is 5.81. The van der Waals surface area contributed by atoms with Gasteiger partial charge in [0.2, 0.25) is 0 Å². The number of rotatable bonds is 4. The summed E-state index contributed by atoms with van der Waals surface area (Å²) in [5.74, 6) is -0.541. The molecule has 17 heavy (non-hydrogen) atoms. The van der Waals surface area contributed by atoms with Crippen LogP contribution >= 0.6 is 15.9 Å². The number of ether oxygens (including phenoxy) is 1. The maximum Gasteiger partial charge on any atom is 0.331 e. The van der Waals surface area contributed by atoms with Crippen LogP contribution in [0.2, 0.25) is 0 Å². The van der Waals surface area contributed by atoms with Gasteiger partial charge in [-0.25, -0.2) is 4.79 Å². The van der Waals surface area contributed by atoms with Gasteiger partial charge in [-0.3, -0.25) is 18.7 Å². The van der Waals surface area contributed by atoms with Crippen LogP contribution in [-0.4, -0.2) is 22.2 Å². The van der Waals surface area contributed by atoms with Crippen molar-refractivity contribution in [3.8, 4) is 0 Å². The molecule has 0 amide bonds. The number of halogens is 1. The van der Waals surface area contributed by atoms with Gasteiger partial charge in [-0.1, -0.05) is 6.92 Å². The number of hydrogen-bond donors (Lipinski definition) is 0. The lowest BCUT2D eigenvalue weighted by Crippen LogP contribution is -2.41. The second-order valence-electron chi connectivity index (χ2n) is 3.42. The van der Waals surface area contributed by atoms with Crippen LogP contribution in [0.4, 0.5) is 0 Å². The maximum absolute atomic E-state index is 11.9. The van der Waals surface area contributed by atoms with Gasteiger partial charge in [0.05, 0.1) is 11.6 Å². The standard InChI is InChI=1S/C10H13BrN2O4/c1-3-4-13-9(15)7(11)5-12(10(13)16)6-8(14)17-2/h5H,3-4,6H2,1-2H3. The molecule has 94 valence electrons. The molecule has 7 heteroatoms. The first kappa shape index (κ1) is 13.7. The van der Waals surface area contributed by atoms with E-state index < -0.39 is 17.2 Å². The van der Waals surface area contributed by atoms with Gasteiger partial charge in [0, 0.05) is 12.7 Å². The summed E-state index contributed by atoms with van der Waals surface area (Å²) in [6, 6.07) is 0. The topological polar surface area (TPSA) is 70.3 Å². The number of aromatic nitrogens is 2. The van der Waals surface area contributed by atoms with Gasteiger partial charge < -0.3 is 4.74 Å². The summed E-state index contributed by atoms with van der Waals surface area (Å²) in [5.41, 5.74) is -0.900. The van der Waals surface area contributed by atoms with E-state index in [0.29, 0.717) is 13.0 Å². The third-order valence-corrected chi connectivity index (χ3v) is 2.71. The zero-order valence-electron chi connectivity index (χ0n) is 9.60. The Balaban J connectivity index is 3.29. The quantitative estimate of drug-likeness (QED) is 0.753. The average Bonchev–Trinajstić information content (AvgIpc) is 2.31. The normalized spacial score (nSPS) is 10.3. The van der Waals surface area contributed by atoms with Gasteiger partial charge in [0.15, 0.2) is 0 Å². The van der Waals surface area contributed by atoms with Crippen LogP contribution in [0.25, 0.3) is 0 Å². The summed E-state index contributed by atoms with van der Waals surface area (Å²) in [5, 5.41) is 0. The van der Waals surface area contributed by atoms with E-state index in [9.17, 15) is 14.4 Å². The smallest absolute Gasteiger partial charge is 0.331 e. The zero-order valence-corrected chi connectivity index (χ0v) is 11.2. The number of methoxy groups -OCH3 is 1. The van der Waals surface area contributed by atoms with E-state index in [4.69, 9.17) is 0 Å². The molecular weight excluding hydrogens is 292 g/mol. The first-order valence-corrected chi connectivity index (χ1v) is 5.87. The molecule has 1 aromatic heterocycles. The van der Waals surface area contributed by atoms with E-state index in [2.05, 4.69) is 20.7 Å². The van der Waals surface area contributed by atoms with Crippen molar-refractivity contribution in [1.82, 2.24) is 9.13 Å². The fourth-order valence-corrected chi connectivity index (χ4v) is 1.82. The molecule has 0 radical (unpaired) electrons. The molecule has 1 aromatic rings. The Hall–Kier alpha value is -1.37. The van der Waals surface area contributed by atoms with Crippen LogP contribution in [-0.2, 0) is 22.6 Å². The summed E-state index contributed by atoms with van der Waals surface area (Å²) < 4.78 is 6.96. The summed E-state index contributed by atoms with van der Waals surface area (Å²) in [6.07, 6.45) is 1.96. The monoisotopic (exact) mass is 304 g/mol. The molecule has 0 saturated carbocycles. The minimum absolute atomic E-state index is 0.210. The highest BCUT2D eigenvalue weighted by Crippen LogP contribution is 2.00. The first-order valence-electron chi connectivity index (χ1n) is 5.07. The van der Waals surface area contributed by atoms with Gasteiger partial charge in [-0.05, 0) is 22.4 Å². The van der Waals surface area contributed by atoms with E-state index >= 15 is 0 Å². The molecule has 0 atom stereocenters. The van der Waals surface area contributed by atoms with Crippen molar-refractivity contribution in [3.05, 3.63) is 31.5 Å². The van der Waals surface area contributed by atoms with Gasteiger partial charge in [-0.15, -0.1) is 0 Å². The lowest BCUT2D eigenvalue weighted by molar-refractivity contribution is -0.141. The predicted octanol–water partition coefficient (Wildman–Crippen LogP) is 0.355. The van der Waals surface area contributed by atoms with Gasteiger partial charge >= 0.3 is 11.7 Å². The molecule has 0 fully saturated rings. The fraction of sp³-hybridized carbons (Fsp3) is 0.500. The molecule has 0 aromatic carbocycles. The van der Waals surface area contributed by atoms with Crippen molar-refractivity contribution in [2.24, 2.45) is 0 Å². The van der Waals surface area contributed by atoms with Crippen LogP contribution in [0, 0.1) is 0 Å². The number of carbonyl (C=O) groups excluding carboxylic acids is 1. The van der Waals surface area contributed by atoms with Crippen molar-refractivity contribution in [1.29, 1.82) is 0 Å². The summed E-state index contributed by atoms with van der Waals surface area (Å²) in [4.78, 5) is 34.7. The van der Waals surface area contributed by atoms with Crippen molar-refractivity contribution >= 4 is 21.9 Å². The molecule has 0 saturated heterocycles. The van der Waals surface area contributed by atoms with E-state index in [1.54, 1.807) is 0 Å². The SMILES string of the molecule is CCCn1c(=O)c(Br)cn(CC(=O)OC)c1=O. The number of carbonyl (C=O) groups is 1. The van der Waals surface area contributed by atoms with E-state index in [0.717, 1.165) is 9.13 Å². The van der Waals surface area contributed by atoms with E-state index in [1.165, 1.54) is 13.3 Å². The molecule has 6 nitrogen and oxygen atoms in total. The van der Waals surface area contributed by atoms with Crippen LogP contribution < -0.4 is 11.2 Å². The Morgan fingerprint density at radius 2 is 2.12 bits per heavy atom. The summed E-state index contributed by atoms with van der Waals surface area (Å²) in [6.45, 7) is 1.97. The molecular formula is C10H13BrN2O4. The first-order chi connectivity index (χ1) is 8.01. The van der Waals surface area contributed by atoms with Crippen LogP contribution in [0.15, 0.2) is 20.3 Å². The highest BCUT2D eigenvalue weighted by Gasteiger charge is 2.11. The van der Waals surface area contributed by atoms with Crippen molar-refractivity contribution in [3.63, 3.8) is 0 Å². The number of hydrogen-bond acceptors (Lipinski definition) is 4. The Morgan fingerprint density at radius 3 is 2.65 bits per heavy atom. The highest BCUT2D eigenvalue weighted by atomic mass is 79.9. The number of esters is 1. The highest BCUT2D eigenvalue weighted by molar-refractivity contribution is 9.10. The van der Waals surface area contributed by atoms with Crippen molar-refractivity contribution in [2.75, 3.05) is 7.11 Å². The van der Waals surface area contributed by atoms with Gasteiger partial charge in [0.25, 0.3) is 5.56 Å². The fourth-order valence-electron chi connectivity index (χ4n) is 1.36. The minimum atomic E-state index is -0.541. The Kier molecular flexibility index (Phi) is 4.68. The van der Waals surface area contributed by atoms with Crippen molar-refractivity contribution < 1.29 is 9.53 Å². The lowest BCUT2D eigenvalue weighted by Gasteiger charge is -2.09.